The molecule has 1 saturated heterocycles. The van der Waals surface area contributed by atoms with Gasteiger partial charge in [0.1, 0.15) is 0 Å². The molecular formula is C14H21N3O3S. The highest BCUT2D eigenvalue weighted by molar-refractivity contribution is 7.91. The average Bonchev–Trinajstić information content (AvgIpc) is 2.75. The van der Waals surface area contributed by atoms with E-state index in [-0.39, 0.29) is 30.0 Å². The molecule has 0 saturated carbocycles. The van der Waals surface area contributed by atoms with E-state index in [1.165, 1.54) is 0 Å². The number of nitrogens with two attached hydrogens (primary N) is 1. The van der Waals surface area contributed by atoms with Gasteiger partial charge >= 0.3 is 0 Å². The van der Waals surface area contributed by atoms with Crippen molar-refractivity contribution in [2.45, 2.75) is 19.4 Å². The average molecular weight is 311 g/mol. The van der Waals surface area contributed by atoms with Crippen LogP contribution in [-0.2, 0) is 14.6 Å². The molecule has 1 amide bonds. The first-order chi connectivity index (χ1) is 9.78. The number of nitrogens with zero attached hydrogens (tertiary/aromatic N) is 1. The van der Waals surface area contributed by atoms with E-state index in [4.69, 9.17) is 5.73 Å². The maximum absolute atomic E-state index is 12.1. The van der Waals surface area contributed by atoms with Crippen LogP contribution in [-0.4, -0.2) is 50.4 Å². The second-order valence-corrected chi connectivity index (χ2v) is 7.77. The second-order valence-electron chi connectivity index (χ2n) is 5.54. The van der Waals surface area contributed by atoms with E-state index in [2.05, 4.69) is 5.32 Å². The molecule has 1 aliphatic rings. The highest BCUT2D eigenvalue weighted by Crippen LogP contribution is 2.21. The molecule has 2 rings (SSSR count). The summed E-state index contributed by atoms with van der Waals surface area (Å²) in [7, 11) is -1.16. The lowest BCUT2D eigenvalue weighted by Crippen LogP contribution is -2.38. The Morgan fingerprint density at radius 2 is 2.19 bits per heavy atom. The molecule has 7 heteroatoms. The number of nitrogens with one attached hydrogen (secondary N) is 1. The third-order valence-corrected chi connectivity index (χ3v) is 5.62. The van der Waals surface area contributed by atoms with Gasteiger partial charge in [0, 0.05) is 17.4 Å². The number of rotatable bonds is 4. The SMILES string of the molecule is Cc1c(N)cccc1NC(=O)CN(C)C1CCS(=O)(=O)C1. The van der Waals surface area contributed by atoms with Gasteiger partial charge in [0.15, 0.2) is 9.84 Å². The van der Waals surface area contributed by atoms with Crippen LogP contribution in [0.5, 0.6) is 0 Å². The zero-order valence-corrected chi connectivity index (χ0v) is 13.1. The van der Waals surface area contributed by atoms with Crippen LogP contribution in [0.3, 0.4) is 0 Å². The van der Waals surface area contributed by atoms with Crippen molar-refractivity contribution >= 4 is 27.1 Å². The molecule has 0 aromatic heterocycles. The number of anilines is 2. The van der Waals surface area contributed by atoms with Gasteiger partial charge < -0.3 is 11.1 Å². The molecule has 116 valence electrons. The van der Waals surface area contributed by atoms with Gasteiger partial charge in [-0.2, -0.15) is 0 Å². The van der Waals surface area contributed by atoms with Gasteiger partial charge in [-0.1, -0.05) is 6.07 Å². The standard InChI is InChI=1S/C14H21N3O3S/c1-10-12(15)4-3-5-13(10)16-14(18)8-17(2)11-6-7-21(19,20)9-11/h3-5,11H,6-9,15H2,1-2H3,(H,16,18). The topological polar surface area (TPSA) is 92.5 Å². The van der Waals surface area contributed by atoms with Gasteiger partial charge in [-0.25, -0.2) is 8.42 Å². The molecule has 0 aliphatic carbocycles. The highest BCUT2D eigenvalue weighted by Gasteiger charge is 2.31. The fourth-order valence-corrected chi connectivity index (χ4v) is 4.26. The van der Waals surface area contributed by atoms with Gasteiger partial charge in [0.05, 0.1) is 18.1 Å². The maximum Gasteiger partial charge on any atom is 0.238 e. The molecule has 0 spiro atoms. The lowest BCUT2D eigenvalue weighted by molar-refractivity contribution is -0.117. The monoisotopic (exact) mass is 311 g/mol. The minimum Gasteiger partial charge on any atom is -0.398 e. The van der Waals surface area contributed by atoms with Crippen LogP contribution >= 0.6 is 0 Å². The van der Waals surface area contributed by atoms with Crippen LogP contribution in [0.15, 0.2) is 18.2 Å². The number of carbonyl (C=O) groups is 1. The van der Waals surface area contributed by atoms with E-state index in [1.54, 1.807) is 30.1 Å². The minimum absolute atomic E-state index is 0.0808. The van der Waals surface area contributed by atoms with E-state index in [0.29, 0.717) is 17.8 Å². The van der Waals surface area contributed by atoms with E-state index in [0.717, 1.165) is 5.56 Å². The largest absolute Gasteiger partial charge is 0.398 e. The molecule has 0 radical (unpaired) electrons. The molecule has 1 aromatic rings. The van der Waals surface area contributed by atoms with Crippen molar-refractivity contribution in [3.8, 4) is 0 Å². The van der Waals surface area contributed by atoms with Crippen LogP contribution in [0.1, 0.15) is 12.0 Å². The van der Waals surface area contributed by atoms with Crippen molar-refractivity contribution in [1.29, 1.82) is 0 Å². The number of sulfone groups is 1. The summed E-state index contributed by atoms with van der Waals surface area (Å²) in [4.78, 5) is 13.9. The number of benzene rings is 1. The van der Waals surface area contributed by atoms with E-state index < -0.39 is 9.84 Å². The Hall–Kier alpha value is -1.60. The first-order valence-electron chi connectivity index (χ1n) is 6.84. The van der Waals surface area contributed by atoms with Crippen LogP contribution in [0.25, 0.3) is 0 Å². The van der Waals surface area contributed by atoms with Crippen LogP contribution in [0.2, 0.25) is 0 Å². The zero-order valence-electron chi connectivity index (χ0n) is 12.3. The van der Waals surface area contributed by atoms with Gasteiger partial charge in [0.25, 0.3) is 0 Å². The summed E-state index contributed by atoms with van der Waals surface area (Å²) >= 11 is 0. The van der Waals surface area contributed by atoms with Crippen LogP contribution in [0.4, 0.5) is 11.4 Å². The molecule has 1 aliphatic heterocycles. The Balaban J connectivity index is 1.94. The summed E-state index contributed by atoms with van der Waals surface area (Å²) in [5.74, 6) is 0.168. The molecular weight excluding hydrogens is 290 g/mol. The molecule has 1 fully saturated rings. The summed E-state index contributed by atoms with van der Waals surface area (Å²) in [6.07, 6.45) is 0.587. The summed E-state index contributed by atoms with van der Waals surface area (Å²) in [5, 5.41) is 2.82. The Labute approximate surface area is 125 Å². The molecule has 21 heavy (non-hydrogen) atoms. The van der Waals surface area contributed by atoms with Crippen molar-refractivity contribution in [1.82, 2.24) is 4.90 Å². The van der Waals surface area contributed by atoms with E-state index >= 15 is 0 Å². The fourth-order valence-electron chi connectivity index (χ4n) is 2.46. The van der Waals surface area contributed by atoms with Gasteiger partial charge in [-0.3, -0.25) is 9.69 Å². The van der Waals surface area contributed by atoms with Crippen molar-refractivity contribution in [2.75, 3.05) is 36.1 Å². The molecule has 1 aromatic carbocycles. The summed E-state index contributed by atoms with van der Waals surface area (Å²) in [6.45, 7) is 2.01. The second kappa shape index (κ2) is 6.03. The van der Waals surface area contributed by atoms with Gasteiger partial charge in [-0.05, 0) is 38.1 Å². The first kappa shape index (κ1) is 15.8. The van der Waals surface area contributed by atoms with Crippen molar-refractivity contribution in [2.24, 2.45) is 0 Å². The minimum atomic E-state index is -2.94. The lowest BCUT2D eigenvalue weighted by atomic mass is 10.1. The predicted octanol–water partition coefficient (Wildman–Crippen LogP) is 0.635. The third-order valence-electron chi connectivity index (χ3n) is 3.87. The maximum atomic E-state index is 12.1. The molecule has 0 bridgehead atoms. The van der Waals surface area contributed by atoms with Crippen molar-refractivity contribution in [3.63, 3.8) is 0 Å². The molecule has 1 heterocycles. The summed E-state index contributed by atoms with van der Waals surface area (Å²) in [6, 6.07) is 5.28. The normalized spacial score (nSPS) is 20.6. The number of nitrogen functional groups attached to an aromatic ring is 1. The van der Waals surface area contributed by atoms with Crippen molar-refractivity contribution in [3.05, 3.63) is 23.8 Å². The smallest absolute Gasteiger partial charge is 0.238 e. The third kappa shape index (κ3) is 3.95. The molecule has 1 unspecified atom stereocenters. The molecule has 6 nitrogen and oxygen atoms in total. The molecule has 3 N–H and O–H groups in total. The predicted molar refractivity (Wildman–Crippen MR) is 83.9 cm³/mol. The zero-order chi connectivity index (χ0) is 15.6. The summed E-state index contributed by atoms with van der Waals surface area (Å²) in [5.41, 5.74) is 7.94. The highest BCUT2D eigenvalue weighted by atomic mass is 32.2. The molecule has 1 atom stereocenters. The first-order valence-corrected chi connectivity index (χ1v) is 8.66. The number of likely N-dealkylation sites (N-methyl/N-ethyl adjacent to an activating group) is 1. The number of hydrogen-bond acceptors (Lipinski definition) is 5. The van der Waals surface area contributed by atoms with Crippen molar-refractivity contribution < 1.29 is 13.2 Å². The van der Waals surface area contributed by atoms with Gasteiger partial charge in [0.2, 0.25) is 5.91 Å². The number of carbonyl (C=O) groups excluding carboxylic acids is 1. The van der Waals surface area contributed by atoms with E-state index in [9.17, 15) is 13.2 Å². The summed E-state index contributed by atoms with van der Waals surface area (Å²) < 4.78 is 22.9. The number of amides is 1. The number of hydrogen-bond donors (Lipinski definition) is 2. The fraction of sp³-hybridized carbons (Fsp3) is 0.500. The Morgan fingerprint density at radius 1 is 1.48 bits per heavy atom. The van der Waals surface area contributed by atoms with Crippen LogP contribution < -0.4 is 11.1 Å². The Bertz CT molecular complexity index is 643. The Kier molecular flexibility index (Phi) is 4.53. The quantitative estimate of drug-likeness (QED) is 0.796. The lowest BCUT2D eigenvalue weighted by Gasteiger charge is -2.22. The Morgan fingerprint density at radius 3 is 2.81 bits per heavy atom. The van der Waals surface area contributed by atoms with E-state index in [1.807, 2.05) is 6.92 Å². The van der Waals surface area contributed by atoms with Gasteiger partial charge in [-0.15, -0.1) is 0 Å². The van der Waals surface area contributed by atoms with Crippen LogP contribution in [0, 0.1) is 6.92 Å².